The molecule has 1 N–H and O–H groups in total. The lowest BCUT2D eigenvalue weighted by molar-refractivity contribution is -0.142. The molecule has 3 unspecified atom stereocenters. The van der Waals surface area contributed by atoms with Crippen molar-refractivity contribution in [2.45, 2.75) is 58.2 Å². The van der Waals surface area contributed by atoms with Crippen LogP contribution >= 0.6 is 0 Å². The molecule has 1 aromatic carbocycles. The van der Waals surface area contributed by atoms with Crippen LogP contribution < -0.4 is 0 Å². The predicted octanol–water partition coefficient (Wildman–Crippen LogP) is 3.32. The molecule has 2 heterocycles. The normalized spacial score (nSPS) is 28.4. The Kier molecular flexibility index (Phi) is 4.03. The lowest BCUT2D eigenvalue weighted by Gasteiger charge is -2.22. The van der Waals surface area contributed by atoms with Crippen LogP contribution in [-0.2, 0) is 17.8 Å². The summed E-state index contributed by atoms with van der Waals surface area (Å²) < 4.78 is 0. The summed E-state index contributed by atoms with van der Waals surface area (Å²) in [7, 11) is 0. The number of benzene rings is 1. The Bertz CT molecular complexity index is 508. The Morgan fingerprint density at radius 3 is 2.48 bits per heavy atom. The van der Waals surface area contributed by atoms with Crippen molar-refractivity contribution in [3.05, 3.63) is 35.4 Å². The molecule has 0 aromatic heterocycles. The van der Waals surface area contributed by atoms with E-state index in [-0.39, 0.29) is 12.0 Å². The molecule has 114 valence electrons. The van der Waals surface area contributed by atoms with Gasteiger partial charge < -0.3 is 5.11 Å². The third-order valence-electron chi connectivity index (χ3n) is 5.03. The fraction of sp³-hybridized carbons (Fsp3) is 0.611. The van der Waals surface area contributed by atoms with Gasteiger partial charge in [0.1, 0.15) is 0 Å². The van der Waals surface area contributed by atoms with E-state index in [1.165, 1.54) is 17.5 Å². The number of aliphatic carboxylic acids is 1. The van der Waals surface area contributed by atoms with E-state index < -0.39 is 5.97 Å². The van der Waals surface area contributed by atoms with Gasteiger partial charge in [0.05, 0.1) is 5.92 Å². The molecule has 0 saturated carbocycles. The average molecular weight is 287 g/mol. The smallest absolute Gasteiger partial charge is 0.308 e. The molecule has 3 nitrogen and oxygen atoms in total. The number of hydrogen-bond donors (Lipinski definition) is 1. The highest BCUT2D eigenvalue weighted by Crippen LogP contribution is 2.42. The van der Waals surface area contributed by atoms with Crippen molar-refractivity contribution in [2.75, 3.05) is 0 Å². The molecule has 0 amide bonds. The zero-order valence-corrected chi connectivity index (χ0v) is 13.0. The molecule has 0 radical (unpaired) electrons. The number of carbonyl (C=O) groups is 1. The number of nitrogens with zero attached hydrogens (tertiary/aromatic N) is 1. The molecule has 21 heavy (non-hydrogen) atoms. The highest BCUT2D eigenvalue weighted by Gasteiger charge is 2.48. The van der Waals surface area contributed by atoms with Crippen molar-refractivity contribution in [1.29, 1.82) is 0 Å². The van der Waals surface area contributed by atoms with Gasteiger partial charge in [-0.05, 0) is 42.7 Å². The van der Waals surface area contributed by atoms with Crippen molar-refractivity contribution in [2.24, 2.45) is 11.8 Å². The van der Waals surface area contributed by atoms with Crippen molar-refractivity contribution >= 4 is 5.97 Å². The van der Waals surface area contributed by atoms with Gasteiger partial charge in [0.2, 0.25) is 0 Å². The molecule has 3 heteroatoms. The van der Waals surface area contributed by atoms with E-state index in [1.54, 1.807) is 0 Å². The first kappa shape index (κ1) is 14.6. The second-order valence-corrected chi connectivity index (χ2v) is 7.07. The van der Waals surface area contributed by atoms with E-state index >= 15 is 0 Å². The van der Waals surface area contributed by atoms with E-state index in [9.17, 15) is 9.90 Å². The lowest BCUT2D eigenvalue weighted by atomic mass is 9.89. The monoisotopic (exact) mass is 287 g/mol. The minimum atomic E-state index is -0.612. The van der Waals surface area contributed by atoms with Gasteiger partial charge in [-0.15, -0.1) is 0 Å². The van der Waals surface area contributed by atoms with Crippen LogP contribution in [0.2, 0.25) is 0 Å². The summed E-state index contributed by atoms with van der Waals surface area (Å²) in [6, 6.07) is 9.61. The zero-order chi connectivity index (χ0) is 15.0. The van der Waals surface area contributed by atoms with Crippen molar-refractivity contribution in [3.8, 4) is 0 Å². The van der Waals surface area contributed by atoms with Gasteiger partial charge in [0.25, 0.3) is 0 Å². The summed E-state index contributed by atoms with van der Waals surface area (Å²) in [5, 5.41) is 9.31. The maximum atomic E-state index is 11.3. The highest BCUT2D eigenvalue weighted by atomic mass is 16.4. The van der Waals surface area contributed by atoms with Crippen LogP contribution in [-0.4, -0.2) is 28.1 Å². The number of carboxylic acid groups (broad SMARTS) is 1. The summed E-state index contributed by atoms with van der Waals surface area (Å²) in [6.07, 6.45) is 4.18. The standard InChI is InChI=1S/C18H25NO2/c1-12(2)9-13-3-5-14(6-4-13)11-19-15-7-8-17(19)16(10-15)18(20)21/h3-6,12,15-17H,7-11H2,1-2H3,(H,20,21). The minimum absolute atomic E-state index is 0.149. The molecule has 2 aliphatic rings. The Balaban J connectivity index is 1.66. The Hall–Kier alpha value is -1.35. The number of rotatable bonds is 5. The summed E-state index contributed by atoms with van der Waals surface area (Å²) >= 11 is 0. The van der Waals surface area contributed by atoms with Crippen molar-refractivity contribution < 1.29 is 9.90 Å². The molecule has 2 aliphatic heterocycles. The van der Waals surface area contributed by atoms with E-state index in [0.717, 1.165) is 25.8 Å². The van der Waals surface area contributed by atoms with Gasteiger partial charge in [-0.2, -0.15) is 0 Å². The number of hydrogen-bond acceptors (Lipinski definition) is 2. The van der Waals surface area contributed by atoms with Crippen molar-refractivity contribution in [1.82, 2.24) is 4.90 Å². The molecule has 3 atom stereocenters. The molecule has 3 rings (SSSR count). The van der Waals surface area contributed by atoms with Crippen LogP contribution in [0.4, 0.5) is 0 Å². The Labute approximate surface area is 127 Å². The topological polar surface area (TPSA) is 40.5 Å². The first-order valence-electron chi connectivity index (χ1n) is 8.11. The second kappa shape index (κ2) is 5.80. The molecular weight excluding hydrogens is 262 g/mol. The second-order valence-electron chi connectivity index (χ2n) is 7.07. The van der Waals surface area contributed by atoms with E-state index in [4.69, 9.17) is 0 Å². The van der Waals surface area contributed by atoms with Crippen LogP contribution in [0.3, 0.4) is 0 Å². The van der Waals surface area contributed by atoms with Gasteiger partial charge in [0.15, 0.2) is 0 Å². The minimum Gasteiger partial charge on any atom is -0.481 e. The van der Waals surface area contributed by atoms with Crippen LogP contribution in [0, 0.1) is 11.8 Å². The molecular formula is C18H25NO2. The zero-order valence-electron chi connectivity index (χ0n) is 13.0. The maximum absolute atomic E-state index is 11.3. The maximum Gasteiger partial charge on any atom is 0.308 e. The Morgan fingerprint density at radius 1 is 1.24 bits per heavy atom. The molecule has 0 aliphatic carbocycles. The van der Waals surface area contributed by atoms with Gasteiger partial charge in [-0.1, -0.05) is 38.1 Å². The van der Waals surface area contributed by atoms with Crippen LogP contribution in [0.15, 0.2) is 24.3 Å². The third kappa shape index (κ3) is 2.98. The van der Waals surface area contributed by atoms with Gasteiger partial charge in [0, 0.05) is 18.6 Å². The first-order chi connectivity index (χ1) is 10.0. The lowest BCUT2D eigenvalue weighted by Crippen LogP contribution is -2.32. The predicted molar refractivity (Wildman–Crippen MR) is 83.1 cm³/mol. The summed E-state index contributed by atoms with van der Waals surface area (Å²) in [4.78, 5) is 13.7. The quantitative estimate of drug-likeness (QED) is 0.903. The van der Waals surface area contributed by atoms with E-state index in [2.05, 4.69) is 43.0 Å². The van der Waals surface area contributed by atoms with Gasteiger partial charge in [-0.3, -0.25) is 9.69 Å². The molecule has 1 aromatic rings. The SMILES string of the molecule is CC(C)Cc1ccc(CN2C3CCC2C(C(=O)O)C3)cc1. The average Bonchev–Trinajstić information content (AvgIpc) is 2.97. The largest absolute Gasteiger partial charge is 0.481 e. The molecule has 2 bridgehead atoms. The van der Waals surface area contributed by atoms with E-state index in [0.29, 0.717) is 12.0 Å². The number of carboxylic acids is 1. The first-order valence-corrected chi connectivity index (χ1v) is 8.11. The molecule has 2 saturated heterocycles. The van der Waals surface area contributed by atoms with Crippen LogP contribution in [0.5, 0.6) is 0 Å². The van der Waals surface area contributed by atoms with Gasteiger partial charge in [-0.25, -0.2) is 0 Å². The van der Waals surface area contributed by atoms with Crippen LogP contribution in [0.1, 0.15) is 44.2 Å². The highest BCUT2D eigenvalue weighted by molar-refractivity contribution is 5.71. The Morgan fingerprint density at radius 2 is 1.90 bits per heavy atom. The summed E-state index contributed by atoms with van der Waals surface area (Å²) in [5.41, 5.74) is 2.70. The fourth-order valence-corrected chi connectivity index (χ4v) is 4.08. The summed E-state index contributed by atoms with van der Waals surface area (Å²) in [6.45, 7) is 5.38. The summed E-state index contributed by atoms with van der Waals surface area (Å²) in [5.74, 6) is -0.0787. The van der Waals surface area contributed by atoms with Gasteiger partial charge >= 0.3 is 5.97 Å². The van der Waals surface area contributed by atoms with Crippen LogP contribution in [0.25, 0.3) is 0 Å². The number of fused-ring (bicyclic) bond motifs is 2. The van der Waals surface area contributed by atoms with E-state index in [1.807, 2.05) is 0 Å². The van der Waals surface area contributed by atoms with Crippen molar-refractivity contribution in [3.63, 3.8) is 0 Å². The molecule has 2 fully saturated rings. The molecule has 0 spiro atoms. The fourth-order valence-electron chi connectivity index (χ4n) is 4.08. The third-order valence-corrected chi connectivity index (χ3v) is 5.03.